The van der Waals surface area contributed by atoms with Gasteiger partial charge in [0.15, 0.2) is 0 Å². The van der Waals surface area contributed by atoms with Gasteiger partial charge in [0.1, 0.15) is 5.75 Å². The van der Waals surface area contributed by atoms with Crippen LogP contribution >= 0.6 is 7.92 Å². The summed E-state index contributed by atoms with van der Waals surface area (Å²) in [4.78, 5) is 0. The van der Waals surface area contributed by atoms with Gasteiger partial charge in [-0.3, -0.25) is 0 Å². The molecule has 0 heterocycles. The first-order valence-electron chi connectivity index (χ1n) is 12.0. The normalized spacial score (nSPS) is 11.0. The first-order valence-corrected chi connectivity index (χ1v) is 13.5. The number of hydrogen-bond donors (Lipinski definition) is 0. The molecule has 2 heteroatoms. The molecule has 0 radical (unpaired) electrons. The monoisotopic (exact) mass is 432 g/mol. The standard InChI is InChI=1S/C29H37OP/c1-2-3-4-5-6-7-10-15-26-20-22-27(23-21-26)30-24-25-31(28-16-11-8-12-17-28)29-18-13-9-14-19-29/h8-9,11-14,16-23H,2-7,10,15,24-25H2,1H3. The molecule has 0 amide bonds. The largest absolute Gasteiger partial charge is 0.493 e. The summed E-state index contributed by atoms with van der Waals surface area (Å²) in [6.07, 6.45) is 11.8. The SMILES string of the molecule is CCCCCCCCCc1ccc(OCCP(c2ccccc2)c2ccccc2)cc1. The molecule has 164 valence electrons. The molecule has 0 fully saturated rings. The third-order valence-corrected chi connectivity index (χ3v) is 8.18. The minimum absolute atomic E-state index is 0.394. The molecule has 3 rings (SSSR count). The molecule has 0 N–H and O–H groups in total. The number of hydrogen-bond acceptors (Lipinski definition) is 1. The van der Waals surface area contributed by atoms with E-state index in [1.165, 1.54) is 67.5 Å². The molecule has 3 aromatic carbocycles. The number of ether oxygens (including phenoxy) is 1. The van der Waals surface area contributed by atoms with Crippen molar-refractivity contribution < 1.29 is 4.74 Å². The maximum atomic E-state index is 6.13. The molecule has 31 heavy (non-hydrogen) atoms. The second-order valence-corrected chi connectivity index (χ2v) is 10.5. The van der Waals surface area contributed by atoms with Gasteiger partial charge in [0.05, 0.1) is 6.61 Å². The van der Waals surface area contributed by atoms with E-state index in [2.05, 4.69) is 91.9 Å². The molecule has 0 spiro atoms. The van der Waals surface area contributed by atoms with Crippen LogP contribution in [-0.2, 0) is 6.42 Å². The Bertz CT molecular complexity index is 790. The van der Waals surface area contributed by atoms with Gasteiger partial charge in [-0.25, -0.2) is 0 Å². The molecule has 0 saturated heterocycles. The van der Waals surface area contributed by atoms with E-state index in [-0.39, 0.29) is 0 Å². The zero-order valence-electron chi connectivity index (χ0n) is 19.0. The second-order valence-electron chi connectivity index (χ2n) is 8.19. The van der Waals surface area contributed by atoms with Gasteiger partial charge >= 0.3 is 0 Å². The first-order chi connectivity index (χ1) is 15.4. The highest BCUT2D eigenvalue weighted by Gasteiger charge is 2.13. The Labute approximate surface area is 190 Å². The van der Waals surface area contributed by atoms with Gasteiger partial charge in [-0.1, -0.05) is 118 Å². The van der Waals surface area contributed by atoms with Crippen molar-refractivity contribution in [3.8, 4) is 5.75 Å². The summed E-state index contributed by atoms with van der Waals surface area (Å²) in [6, 6.07) is 30.5. The highest BCUT2D eigenvalue weighted by atomic mass is 31.1. The summed E-state index contributed by atoms with van der Waals surface area (Å²) < 4.78 is 6.13. The highest BCUT2D eigenvalue weighted by molar-refractivity contribution is 7.73. The van der Waals surface area contributed by atoms with E-state index in [9.17, 15) is 0 Å². The third-order valence-electron chi connectivity index (χ3n) is 5.71. The summed E-state index contributed by atoms with van der Waals surface area (Å²) in [5.74, 6) is 0.986. The van der Waals surface area contributed by atoms with Gasteiger partial charge in [0, 0.05) is 6.16 Å². The van der Waals surface area contributed by atoms with E-state index < -0.39 is 7.92 Å². The Morgan fingerprint density at radius 3 is 1.74 bits per heavy atom. The van der Waals surface area contributed by atoms with Gasteiger partial charge in [-0.15, -0.1) is 0 Å². The summed E-state index contributed by atoms with van der Waals surface area (Å²) in [7, 11) is -0.394. The second kappa shape index (κ2) is 14.0. The van der Waals surface area contributed by atoms with E-state index in [4.69, 9.17) is 4.74 Å². The van der Waals surface area contributed by atoms with Crippen LogP contribution in [0.2, 0.25) is 0 Å². The lowest BCUT2D eigenvalue weighted by molar-refractivity contribution is 0.343. The smallest absolute Gasteiger partial charge is 0.119 e. The van der Waals surface area contributed by atoms with Crippen molar-refractivity contribution >= 4 is 18.5 Å². The molecule has 0 aliphatic rings. The van der Waals surface area contributed by atoms with Gasteiger partial charge < -0.3 is 4.74 Å². The molecule has 0 atom stereocenters. The van der Waals surface area contributed by atoms with Crippen molar-refractivity contribution in [3.05, 3.63) is 90.5 Å². The first kappa shape index (κ1) is 23.6. The predicted octanol–water partition coefficient (Wildman–Crippen LogP) is 7.49. The van der Waals surface area contributed by atoms with Crippen LogP contribution in [-0.4, -0.2) is 12.8 Å². The Morgan fingerprint density at radius 2 is 1.16 bits per heavy atom. The summed E-state index contributed by atoms with van der Waals surface area (Å²) in [5.41, 5.74) is 1.43. The lowest BCUT2D eigenvalue weighted by Crippen LogP contribution is -2.17. The average molecular weight is 433 g/mol. The van der Waals surface area contributed by atoms with E-state index in [1.54, 1.807) is 0 Å². The number of aryl methyl sites for hydroxylation is 1. The number of rotatable bonds is 14. The van der Waals surface area contributed by atoms with Gasteiger partial charge in [-0.2, -0.15) is 0 Å². The fourth-order valence-corrected chi connectivity index (χ4v) is 6.07. The van der Waals surface area contributed by atoms with Gasteiger partial charge in [0.2, 0.25) is 0 Å². The van der Waals surface area contributed by atoms with Crippen LogP contribution in [0.5, 0.6) is 5.75 Å². The Morgan fingerprint density at radius 1 is 0.613 bits per heavy atom. The van der Waals surface area contributed by atoms with E-state index in [1.807, 2.05) is 0 Å². The minimum Gasteiger partial charge on any atom is -0.493 e. The predicted molar refractivity (Wildman–Crippen MR) is 138 cm³/mol. The van der Waals surface area contributed by atoms with Crippen LogP contribution < -0.4 is 15.3 Å². The third kappa shape index (κ3) is 8.50. The van der Waals surface area contributed by atoms with Gasteiger partial charge in [-0.05, 0) is 49.1 Å². The van der Waals surface area contributed by atoms with E-state index in [0.717, 1.165) is 18.5 Å². The quantitative estimate of drug-likeness (QED) is 0.189. The lowest BCUT2D eigenvalue weighted by atomic mass is 10.0. The maximum absolute atomic E-state index is 6.13. The van der Waals surface area contributed by atoms with Crippen molar-refractivity contribution in [3.63, 3.8) is 0 Å². The van der Waals surface area contributed by atoms with Crippen LogP contribution in [0.15, 0.2) is 84.9 Å². The van der Waals surface area contributed by atoms with Crippen molar-refractivity contribution in [2.45, 2.75) is 58.3 Å². The van der Waals surface area contributed by atoms with Crippen LogP contribution in [0.25, 0.3) is 0 Å². The topological polar surface area (TPSA) is 9.23 Å². The fraction of sp³-hybridized carbons (Fsp3) is 0.379. The summed E-state index contributed by atoms with van der Waals surface area (Å²) in [5, 5.41) is 2.83. The fourth-order valence-electron chi connectivity index (χ4n) is 3.92. The van der Waals surface area contributed by atoms with Crippen LogP contribution in [0.3, 0.4) is 0 Å². The Hall–Kier alpha value is -2.11. The molecule has 0 aliphatic carbocycles. The van der Waals surface area contributed by atoms with Crippen molar-refractivity contribution in [2.75, 3.05) is 12.8 Å². The summed E-state index contributed by atoms with van der Waals surface area (Å²) >= 11 is 0. The van der Waals surface area contributed by atoms with Crippen LogP contribution in [0.1, 0.15) is 57.4 Å². The zero-order valence-corrected chi connectivity index (χ0v) is 19.9. The molecule has 3 aromatic rings. The molecular weight excluding hydrogens is 395 g/mol. The summed E-state index contributed by atoms with van der Waals surface area (Å²) in [6.45, 7) is 3.02. The average Bonchev–Trinajstić information content (AvgIpc) is 2.83. The lowest BCUT2D eigenvalue weighted by Gasteiger charge is -2.19. The number of unbranched alkanes of at least 4 members (excludes halogenated alkanes) is 6. The molecule has 1 nitrogen and oxygen atoms in total. The van der Waals surface area contributed by atoms with E-state index in [0.29, 0.717) is 0 Å². The zero-order chi connectivity index (χ0) is 21.6. The van der Waals surface area contributed by atoms with E-state index >= 15 is 0 Å². The van der Waals surface area contributed by atoms with Crippen LogP contribution in [0, 0.1) is 0 Å². The molecule has 0 saturated carbocycles. The molecule has 0 aliphatic heterocycles. The Kier molecular flexibility index (Phi) is 10.7. The highest BCUT2D eigenvalue weighted by Crippen LogP contribution is 2.33. The Balaban J connectivity index is 1.44. The van der Waals surface area contributed by atoms with Crippen LogP contribution in [0.4, 0.5) is 0 Å². The molecule has 0 unspecified atom stereocenters. The molecular formula is C29H37OP. The van der Waals surface area contributed by atoms with Crippen molar-refractivity contribution in [1.29, 1.82) is 0 Å². The molecule has 0 bridgehead atoms. The van der Waals surface area contributed by atoms with Gasteiger partial charge in [0.25, 0.3) is 0 Å². The maximum Gasteiger partial charge on any atom is 0.119 e. The van der Waals surface area contributed by atoms with Crippen molar-refractivity contribution in [2.24, 2.45) is 0 Å². The minimum atomic E-state index is -0.394. The van der Waals surface area contributed by atoms with Crippen molar-refractivity contribution in [1.82, 2.24) is 0 Å². The number of benzene rings is 3. The molecule has 0 aromatic heterocycles.